The largest absolute Gasteiger partial charge is 0.378 e. The second-order valence-electron chi connectivity index (χ2n) is 3.70. The summed E-state index contributed by atoms with van der Waals surface area (Å²) in [5.41, 5.74) is 1.52. The number of morpholine rings is 1. The maximum absolute atomic E-state index is 12.0. The van der Waals surface area contributed by atoms with Gasteiger partial charge in [0.25, 0.3) is 5.91 Å². The van der Waals surface area contributed by atoms with Crippen molar-refractivity contribution >= 4 is 5.91 Å². The Morgan fingerprint density at radius 3 is 2.67 bits per heavy atom. The van der Waals surface area contributed by atoms with Gasteiger partial charge in [0, 0.05) is 25.8 Å². The van der Waals surface area contributed by atoms with Crippen molar-refractivity contribution in [2.75, 3.05) is 26.3 Å². The molecule has 1 aromatic rings. The molecule has 0 aromatic carbocycles. The number of rotatable bonds is 1. The van der Waals surface area contributed by atoms with E-state index in [4.69, 9.17) is 4.74 Å². The van der Waals surface area contributed by atoms with Crippen LogP contribution < -0.4 is 0 Å². The van der Waals surface area contributed by atoms with E-state index in [1.807, 2.05) is 20.0 Å². The van der Waals surface area contributed by atoms with Crippen LogP contribution in [0.3, 0.4) is 0 Å². The van der Waals surface area contributed by atoms with Crippen molar-refractivity contribution < 1.29 is 9.53 Å². The number of amides is 1. The maximum Gasteiger partial charge on any atom is 0.274 e. The number of hydrogen-bond acceptors (Lipinski definition) is 3. The molecule has 0 unspecified atom stereocenters. The Balaban J connectivity index is 2.12. The standard InChI is InChI=1S/C10H15N3O2/c1-8-7-9(11-12(8)2)10(14)13-3-5-15-6-4-13/h7H,3-6H2,1-2H3. The van der Waals surface area contributed by atoms with Crippen molar-refractivity contribution in [2.45, 2.75) is 6.92 Å². The molecule has 0 saturated carbocycles. The molecule has 82 valence electrons. The molecule has 1 saturated heterocycles. The minimum absolute atomic E-state index is 0.00185. The van der Waals surface area contributed by atoms with E-state index in [-0.39, 0.29) is 5.91 Å². The summed E-state index contributed by atoms with van der Waals surface area (Å²) in [4.78, 5) is 13.7. The molecular weight excluding hydrogens is 194 g/mol. The van der Waals surface area contributed by atoms with Gasteiger partial charge in [-0.25, -0.2) is 0 Å². The smallest absolute Gasteiger partial charge is 0.274 e. The first-order chi connectivity index (χ1) is 7.18. The van der Waals surface area contributed by atoms with Crippen LogP contribution in [0.25, 0.3) is 0 Å². The molecule has 0 aliphatic carbocycles. The Hall–Kier alpha value is -1.36. The molecule has 5 nitrogen and oxygen atoms in total. The molecule has 0 atom stereocenters. The highest BCUT2D eigenvalue weighted by molar-refractivity contribution is 5.92. The molecule has 2 heterocycles. The first kappa shape index (κ1) is 10.2. The SMILES string of the molecule is Cc1cc(C(=O)N2CCOCC2)nn1C. The predicted octanol–water partition coefficient (Wildman–Crippen LogP) is 0.201. The van der Waals surface area contributed by atoms with Crippen LogP contribution in [-0.2, 0) is 11.8 Å². The zero-order valence-electron chi connectivity index (χ0n) is 9.06. The fourth-order valence-electron chi connectivity index (χ4n) is 1.59. The molecule has 1 aliphatic rings. The van der Waals surface area contributed by atoms with Gasteiger partial charge in [0.15, 0.2) is 5.69 Å². The number of aromatic nitrogens is 2. The van der Waals surface area contributed by atoms with E-state index in [0.29, 0.717) is 32.0 Å². The van der Waals surface area contributed by atoms with Crippen LogP contribution in [0.4, 0.5) is 0 Å². The first-order valence-corrected chi connectivity index (χ1v) is 5.06. The second-order valence-corrected chi connectivity index (χ2v) is 3.70. The van der Waals surface area contributed by atoms with Gasteiger partial charge in [-0.2, -0.15) is 5.10 Å². The fourth-order valence-corrected chi connectivity index (χ4v) is 1.59. The first-order valence-electron chi connectivity index (χ1n) is 5.06. The topological polar surface area (TPSA) is 47.4 Å². The number of aryl methyl sites for hydroxylation is 2. The highest BCUT2D eigenvalue weighted by Gasteiger charge is 2.20. The summed E-state index contributed by atoms with van der Waals surface area (Å²) in [5.74, 6) is 0.00185. The van der Waals surface area contributed by atoms with Gasteiger partial charge in [-0.05, 0) is 13.0 Å². The Morgan fingerprint density at radius 2 is 2.13 bits per heavy atom. The van der Waals surface area contributed by atoms with Crippen LogP contribution in [0.1, 0.15) is 16.2 Å². The van der Waals surface area contributed by atoms with Crippen molar-refractivity contribution in [1.82, 2.24) is 14.7 Å². The van der Waals surface area contributed by atoms with Crippen molar-refractivity contribution in [3.05, 3.63) is 17.5 Å². The van der Waals surface area contributed by atoms with E-state index in [2.05, 4.69) is 5.10 Å². The van der Waals surface area contributed by atoms with Gasteiger partial charge in [-0.1, -0.05) is 0 Å². The van der Waals surface area contributed by atoms with E-state index in [1.54, 1.807) is 9.58 Å². The van der Waals surface area contributed by atoms with Gasteiger partial charge in [0.2, 0.25) is 0 Å². The van der Waals surface area contributed by atoms with E-state index in [9.17, 15) is 4.79 Å². The van der Waals surface area contributed by atoms with Crippen LogP contribution in [0, 0.1) is 6.92 Å². The highest BCUT2D eigenvalue weighted by Crippen LogP contribution is 2.07. The normalized spacial score (nSPS) is 16.8. The summed E-state index contributed by atoms with van der Waals surface area (Å²) in [5, 5.41) is 4.17. The monoisotopic (exact) mass is 209 g/mol. The van der Waals surface area contributed by atoms with Gasteiger partial charge in [-0.3, -0.25) is 9.48 Å². The number of carbonyl (C=O) groups excluding carboxylic acids is 1. The molecule has 2 rings (SSSR count). The lowest BCUT2D eigenvalue weighted by atomic mass is 10.3. The van der Waals surface area contributed by atoms with Crippen LogP contribution in [0.2, 0.25) is 0 Å². The molecule has 1 amide bonds. The van der Waals surface area contributed by atoms with Gasteiger partial charge in [0.05, 0.1) is 13.2 Å². The lowest BCUT2D eigenvalue weighted by Crippen LogP contribution is -2.40. The summed E-state index contributed by atoms with van der Waals surface area (Å²) in [6, 6.07) is 1.82. The Bertz CT molecular complexity index is 347. The number of nitrogens with zero attached hydrogens (tertiary/aromatic N) is 3. The van der Waals surface area contributed by atoms with E-state index in [1.165, 1.54) is 0 Å². The van der Waals surface area contributed by atoms with E-state index in [0.717, 1.165) is 5.69 Å². The molecule has 0 spiro atoms. The minimum atomic E-state index is 0.00185. The Kier molecular flexibility index (Phi) is 2.73. The molecule has 1 fully saturated rings. The lowest BCUT2D eigenvalue weighted by molar-refractivity contribution is 0.0298. The molecule has 0 bridgehead atoms. The Labute approximate surface area is 88.6 Å². The van der Waals surface area contributed by atoms with Crippen LogP contribution in [0.5, 0.6) is 0 Å². The van der Waals surface area contributed by atoms with Gasteiger partial charge in [-0.15, -0.1) is 0 Å². The molecule has 0 N–H and O–H groups in total. The Morgan fingerprint density at radius 1 is 1.47 bits per heavy atom. The van der Waals surface area contributed by atoms with E-state index >= 15 is 0 Å². The lowest BCUT2D eigenvalue weighted by Gasteiger charge is -2.25. The summed E-state index contributed by atoms with van der Waals surface area (Å²) >= 11 is 0. The van der Waals surface area contributed by atoms with Crippen molar-refractivity contribution in [1.29, 1.82) is 0 Å². The van der Waals surface area contributed by atoms with Gasteiger partial charge in [0.1, 0.15) is 0 Å². The van der Waals surface area contributed by atoms with Crippen LogP contribution in [0.15, 0.2) is 6.07 Å². The van der Waals surface area contributed by atoms with Crippen LogP contribution >= 0.6 is 0 Å². The molecule has 1 aromatic heterocycles. The van der Waals surface area contributed by atoms with Crippen molar-refractivity contribution in [3.63, 3.8) is 0 Å². The highest BCUT2D eigenvalue weighted by atomic mass is 16.5. The third-order valence-corrected chi connectivity index (χ3v) is 2.63. The second kappa shape index (κ2) is 4.02. The predicted molar refractivity (Wildman–Crippen MR) is 54.7 cm³/mol. The summed E-state index contributed by atoms with van der Waals surface area (Å²) in [7, 11) is 1.84. The number of carbonyl (C=O) groups is 1. The average Bonchev–Trinajstić information content (AvgIpc) is 2.59. The van der Waals surface area contributed by atoms with E-state index < -0.39 is 0 Å². The van der Waals surface area contributed by atoms with Crippen molar-refractivity contribution in [3.8, 4) is 0 Å². The van der Waals surface area contributed by atoms with Crippen LogP contribution in [-0.4, -0.2) is 46.9 Å². The average molecular weight is 209 g/mol. The summed E-state index contributed by atoms with van der Waals surface area (Å²) in [6.07, 6.45) is 0. The fraction of sp³-hybridized carbons (Fsp3) is 0.600. The summed E-state index contributed by atoms with van der Waals surface area (Å²) in [6.45, 7) is 4.50. The van der Waals surface area contributed by atoms with Crippen molar-refractivity contribution in [2.24, 2.45) is 7.05 Å². The molecular formula is C10H15N3O2. The number of ether oxygens (including phenoxy) is 1. The molecule has 0 radical (unpaired) electrons. The number of hydrogen-bond donors (Lipinski definition) is 0. The molecule has 5 heteroatoms. The molecule has 15 heavy (non-hydrogen) atoms. The van der Waals surface area contributed by atoms with Gasteiger partial charge < -0.3 is 9.64 Å². The summed E-state index contributed by atoms with van der Waals surface area (Å²) < 4.78 is 6.91. The third kappa shape index (κ3) is 2.02. The van der Waals surface area contributed by atoms with Gasteiger partial charge >= 0.3 is 0 Å². The third-order valence-electron chi connectivity index (χ3n) is 2.63. The quantitative estimate of drug-likeness (QED) is 0.664. The maximum atomic E-state index is 12.0. The zero-order chi connectivity index (χ0) is 10.8. The molecule has 1 aliphatic heterocycles. The zero-order valence-corrected chi connectivity index (χ0v) is 9.06. The minimum Gasteiger partial charge on any atom is -0.378 e.